The molecule has 1 fully saturated rings. The van der Waals surface area contributed by atoms with Crippen molar-refractivity contribution in [2.24, 2.45) is 0 Å². The lowest BCUT2D eigenvalue weighted by Crippen LogP contribution is -2.45. The van der Waals surface area contributed by atoms with Gasteiger partial charge >= 0.3 is 6.03 Å². The Morgan fingerprint density at radius 3 is 2.00 bits per heavy atom. The molecule has 4 aromatic rings. The lowest BCUT2D eigenvalue weighted by atomic mass is 9.82. The zero-order valence-electron chi connectivity index (χ0n) is 20.9. The van der Waals surface area contributed by atoms with Crippen LogP contribution in [0.3, 0.4) is 0 Å². The van der Waals surface area contributed by atoms with Gasteiger partial charge in [-0.1, -0.05) is 78.4 Å². The number of aryl methyl sites for hydroxylation is 2. The highest BCUT2D eigenvalue weighted by atomic mass is 16.2. The average molecular weight is 494 g/mol. The van der Waals surface area contributed by atoms with Gasteiger partial charge in [0, 0.05) is 0 Å². The molecular weight excluding hydrogens is 466 g/mol. The molecule has 8 nitrogen and oxygen atoms in total. The van der Waals surface area contributed by atoms with Crippen molar-refractivity contribution >= 4 is 23.5 Å². The maximum absolute atomic E-state index is 13.8. The summed E-state index contributed by atoms with van der Waals surface area (Å²) in [5.74, 6) is -0.996. The van der Waals surface area contributed by atoms with Crippen molar-refractivity contribution in [2.45, 2.75) is 26.3 Å². The van der Waals surface area contributed by atoms with Crippen LogP contribution in [-0.2, 0) is 15.1 Å². The third kappa shape index (κ3) is 4.16. The van der Waals surface area contributed by atoms with Crippen LogP contribution in [0.1, 0.15) is 28.1 Å². The Hall–Kier alpha value is -4.72. The Morgan fingerprint density at radius 2 is 1.43 bits per heavy atom. The molecule has 0 saturated carbocycles. The molecular formula is C29H27N5O3. The second-order valence-corrected chi connectivity index (χ2v) is 9.14. The van der Waals surface area contributed by atoms with E-state index in [0.29, 0.717) is 22.5 Å². The molecule has 0 radical (unpaired) electrons. The van der Waals surface area contributed by atoms with Crippen molar-refractivity contribution < 1.29 is 14.4 Å². The van der Waals surface area contributed by atoms with Crippen molar-refractivity contribution in [3.05, 3.63) is 113 Å². The van der Waals surface area contributed by atoms with Crippen LogP contribution < -0.4 is 10.6 Å². The maximum Gasteiger partial charge on any atom is 0.326 e. The smallest absolute Gasteiger partial charge is 0.321 e. The van der Waals surface area contributed by atoms with Crippen LogP contribution in [0.2, 0.25) is 0 Å². The lowest BCUT2D eigenvalue weighted by molar-refractivity contribution is -0.133. The van der Waals surface area contributed by atoms with Gasteiger partial charge in [0.05, 0.1) is 22.8 Å². The number of imide groups is 1. The van der Waals surface area contributed by atoms with Crippen molar-refractivity contribution in [3.63, 3.8) is 0 Å². The number of urea groups is 1. The second-order valence-electron chi connectivity index (χ2n) is 9.14. The minimum absolute atomic E-state index is 0.430. The van der Waals surface area contributed by atoms with E-state index in [1.165, 1.54) is 0 Å². The van der Waals surface area contributed by atoms with Crippen LogP contribution in [0, 0.1) is 20.8 Å². The zero-order valence-corrected chi connectivity index (χ0v) is 20.9. The van der Waals surface area contributed by atoms with Crippen LogP contribution in [0.15, 0.2) is 84.9 Å². The number of rotatable bonds is 6. The normalized spacial score (nSPS) is 14.5. The Morgan fingerprint density at radius 1 is 0.865 bits per heavy atom. The predicted octanol–water partition coefficient (Wildman–Crippen LogP) is 4.23. The number of benzene rings is 3. The van der Waals surface area contributed by atoms with E-state index in [0.717, 1.165) is 21.8 Å². The number of hydrogen-bond acceptors (Lipinski definition) is 4. The van der Waals surface area contributed by atoms with E-state index in [9.17, 15) is 14.4 Å². The molecule has 1 saturated heterocycles. The highest BCUT2D eigenvalue weighted by molar-refractivity contribution is 6.12. The molecule has 0 unspecified atom stereocenters. The number of anilines is 1. The first kappa shape index (κ1) is 24.0. The number of amides is 4. The number of nitrogens with zero attached hydrogens (tertiary/aromatic N) is 3. The molecule has 186 valence electrons. The number of aromatic nitrogens is 2. The molecule has 5 rings (SSSR count). The van der Waals surface area contributed by atoms with E-state index in [4.69, 9.17) is 0 Å². The molecule has 2 N–H and O–H groups in total. The largest absolute Gasteiger partial charge is 0.326 e. The first-order chi connectivity index (χ1) is 17.8. The Kier molecular flexibility index (Phi) is 6.09. The molecule has 37 heavy (non-hydrogen) atoms. The summed E-state index contributed by atoms with van der Waals surface area (Å²) in [4.78, 5) is 41.0. The van der Waals surface area contributed by atoms with Crippen LogP contribution >= 0.6 is 0 Å². The molecule has 0 bridgehead atoms. The van der Waals surface area contributed by atoms with Gasteiger partial charge in [-0.15, -0.1) is 0 Å². The SMILES string of the molecule is Cc1ccc(-n2nc(C)c(NC(=O)CN3C(=O)NC(c4ccccc4)(c4ccccc4)C3=O)c2C)cc1. The van der Waals surface area contributed by atoms with Gasteiger partial charge in [0.2, 0.25) is 5.91 Å². The monoisotopic (exact) mass is 493 g/mol. The molecule has 1 aromatic heterocycles. The second kappa shape index (κ2) is 9.39. The first-order valence-corrected chi connectivity index (χ1v) is 12.0. The predicted molar refractivity (Wildman–Crippen MR) is 140 cm³/mol. The molecule has 8 heteroatoms. The summed E-state index contributed by atoms with van der Waals surface area (Å²) in [6, 6.07) is 25.4. The summed E-state index contributed by atoms with van der Waals surface area (Å²) < 4.78 is 1.76. The van der Waals surface area contributed by atoms with Gasteiger partial charge in [-0.2, -0.15) is 5.10 Å². The molecule has 0 spiro atoms. The summed E-state index contributed by atoms with van der Waals surface area (Å²) in [5, 5.41) is 10.3. The fourth-order valence-electron chi connectivity index (χ4n) is 4.74. The lowest BCUT2D eigenvalue weighted by Gasteiger charge is -2.28. The summed E-state index contributed by atoms with van der Waals surface area (Å²) in [5.41, 5.74) is 3.76. The first-order valence-electron chi connectivity index (χ1n) is 12.0. The summed E-state index contributed by atoms with van der Waals surface area (Å²) in [7, 11) is 0. The Balaban J connectivity index is 1.41. The van der Waals surface area contributed by atoms with Gasteiger partial charge in [0.1, 0.15) is 6.54 Å². The maximum atomic E-state index is 13.8. The minimum atomic E-state index is -1.41. The van der Waals surface area contributed by atoms with E-state index in [-0.39, 0.29) is 0 Å². The van der Waals surface area contributed by atoms with Crippen molar-refractivity contribution in [1.82, 2.24) is 20.0 Å². The van der Waals surface area contributed by atoms with Gasteiger partial charge in [0.15, 0.2) is 5.54 Å². The molecule has 3 aromatic carbocycles. The van der Waals surface area contributed by atoms with Gasteiger partial charge < -0.3 is 10.6 Å². The highest BCUT2D eigenvalue weighted by Gasteiger charge is 2.54. The third-order valence-electron chi connectivity index (χ3n) is 6.66. The molecule has 1 aliphatic rings. The van der Waals surface area contributed by atoms with Crippen molar-refractivity contribution in [3.8, 4) is 5.69 Å². The fourth-order valence-corrected chi connectivity index (χ4v) is 4.74. The standard InChI is InChI=1S/C29H27N5O3/c1-19-14-16-24(17-15-19)34-21(3)26(20(2)32-34)30-25(35)18-33-27(36)29(31-28(33)37,22-10-6-4-7-11-22)23-12-8-5-9-13-23/h4-17H,18H2,1-3H3,(H,30,35)(H,31,37). The Labute approximate surface area is 214 Å². The van der Waals surface area contributed by atoms with Gasteiger partial charge in [-0.25, -0.2) is 9.48 Å². The highest BCUT2D eigenvalue weighted by Crippen LogP contribution is 2.36. The number of nitrogens with one attached hydrogen (secondary N) is 2. The van der Waals surface area contributed by atoms with E-state index < -0.39 is 29.9 Å². The molecule has 2 heterocycles. The number of carbonyl (C=O) groups excluding carboxylic acids is 3. The molecule has 0 aliphatic carbocycles. The van der Waals surface area contributed by atoms with Crippen LogP contribution in [0.25, 0.3) is 5.69 Å². The fraction of sp³-hybridized carbons (Fsp3) is 0.172. The van der Waals surface area contributed by atoms with Crippen LogP contribution in [0.4, 0.5) is 10.5 Å². The molecule has 4 amide bonds. The number of hydrogen-bond donors (Lipinski definition) is 2. The van der Waals surface area contributed by atoms with E-state index in [1.54, 1.807) is 35.9 Å². The van der Waals surface area contributed by atoms with E-state index >= 15 is 0 Å². The minimum Gasteiger partial charge on any atom is -0.321 e. The van der Waals surface area contributed by atoms with E-state index in [2.05, 4.69) is 15.7 Å². The van der Waals surface area contributed by atoms with Crippen LogP contribution in [0.5, 0.6) is 0 Å². The summed E-state index contributed by atoms with van der Waals surface area (Å²) in [6.07, 6.45) is 0. The molecule has 1 aliphatic heterocycles. The summed E-state index contributed by atoms with van der Waals surface area (Å²) in [6.45, 7) is 5.24. The van der Waals surface area contributed by atoms with Gasteiger partial charge in [0.25, 0.3) is 5.91 Å². The van der Waals surface area contributed by atoms with Crippen molar-refractivity contribution in [1.29, 1.82) is 0 Å². The van der Waals surface area contributed by atoms with Crippen molar-refractivity contribution in [2.75, 3.05) is 11.9 Å². The average Bonchev–Trinajstić information content (AvgIpc) is 3.33. The summed E-state index contributed by atoms with van der Waals surface area (Å²) >= 11 is 0. The zero-order chi connectivity index (χ0) is 26.2. The molecule has 0 atom stereocenters. The quantitative estimate of drug-likeness (QED) is 0.393. The van der Waals surface area contributed by atoms with E-state index in [1.807, 2.05) is 74.5 Å². The van der Waals surface area contributed by atoms with Gasteiger partial charge in [-0.3, -0.25) is 14.5 Å². The van der Waals surface area contributed by atoms with Crippen LogP contribution in [-0.4, -0.2) is 39.1 Å². The number of carbonyl (C=O) groups is 3. The third-order valence-corrected chi connectivity index (χ3v) is 6.66. The van der Waals surface area contributed by atoms with Gasteiger partial charge in [-0.05, 0) is 44.0 Å². The topological polar surface area (TPSA) is 96.3 Å². The Bertz CT molecular complexity index is 1440.